The van der Waals surface area contributed by atoms with Crippen molar-refractivity contribution in [3.05, 3.63) is 81.8 Å². The minimum Gasteiger partial charge on any atom is -0.505 e. The highest BCUT2D eigenvalue weighted by Gasteiger charge is 2.22. The Morgan fingerprint density at radius 1 is 1.00 bits per heavy atom. The van der Waals surface area contributed by atoms with E-state index in [2.05, 4.69) is 15.5 Å². The lowest BCUT2D eigenvalue weighted by molar-refractivity contribution is 0.102. The summed E-state index contributed by atoms with van der Waals surface area (Å²) in [6, 6.07) is 15.8. The molecular weight excluding hydrogens is 553 g/mol. The number of ether oxygens (including phenoxy) is 1. The number of fused-ring (bicyclic) bond motifs is 1. The summed E-state index contributed by atoms with van der Waals surface area (Å²) in [4.78, 5) is 12.7. The molecule has 12 heteroatoms. The summed E-state index contributed by atoms with van der Waals surface area (Å²) >= 11 is 12.4. The number of phenols is 1. The van der Waals surface area contributed by atoms with Gasteiger partial charge >= 0.3 is 0 Å². The minimum atomic E-state index is -4.70. The van der Waals surface area contributed by atoms with Crippen LogP contribution in [0.25, 0.3) is 10.8 Å². The number of azo groups is 1. The number of methoxy groups -OCH3 is 1. The van der Waals surface area contributed by atoms with Crippen molar-refractivity contribution in [2.45, 2.75) is 18.2 Å². The molecule has 0 unspecified atom stereocenters. The second-order valence-corrected chi connectivity index (χ2v) is 10.3. The Kier molecular flexibility index (Phi) is 7.89. The van der Waals surface area contributed by atoms with Gasteiger partial charge in [-0.25, -0.2) is 0 Å². The number of carbonyl (C=O) groups is 1. The third-order valence-electron chi connectivity index (χ3n) is 5.68. The van der Waals surface area contributed by atoms with Crippen molar-refractivity contribution in [3.8, 4) is 11.5 Å². The SMILES string of the molecule is CCc1cc(Cl)c(N=Nc2c(O)c(C(=O)Nc3cccc(Cl)c3OC)cc3ccccc23)c(S(=O)(=O)O)c1. The number of nitrogens with zero attached hydrogens (tertiary/aromatic N) is 2. The molecule has 196 valence electrons. The Hall–Kier alpha value is -3.70. The molecule has 0 aromatic heterocycles. The van der Waals surface area contributed by atoms with E-state index in [1.54, 1.807) is 49.4 Å². The van der Waals surface area contributed by atoms with Gasteiger partial charge < -0.3 is 15.2 Å². The first-order valence-electron chi connectivity index (χ1n) is 11.1. The first-order chi connectivity index (χ1) is 18.0. The number of rotatable bonds is 7. The molecule has 0 aliphatic heterocycles. The first-order valence-corrected chi connectivity index (χ1v) is 13.3. The van der Waals surface area contributed by atoms with Gasteiger partial charge in [0.15, 0.2) is 11.5 Å². The molecule has 9 nitrogen and oxygen atoms in total. The van der Waals surface area contributed by atoms with E-state index in [1.165, 1.54) is 25.3 Å². The Labute approximate surface area is 228 Å². The lowest BCUT2D eigenvalue weighted by atomic mass is 10.0. The minimum absolute atomic E-state index is 0.0635. The van der Waals surface area contributed by atoms with Gasteiger partial charge in [0.1, 0.15) is 16.3 Å². The highest BCUT2D eigenvalue weighted by Crippen LogP contribution is 2.42. The van der Waals surface area contributed by atoms with Crippen LogP contribution in [0.2, 0.25) is 10.0 Å². The molecular formula is C26H21Cl2N3O6S. The average molecular weight is 574 g/mol. The van der Waals surface area contributed by atoms with E-state index in [0.29, 0.717) is 22.8 Å². The van der Waals surface area contributed by atoms with Crippen molar-refractivity contribution in [1.29, 1.82) is 0 Å². The zero-order chi connectivity index (χ0) is 27.6. The standard InChI is InChI=1S/C26H21Cl2N3O6S/c1-3-14-11-19(28)23(21(12-14)38(34,35)36)31-30-22-16-8-5-4-7-15(16)13-17(24(22)32)26(33)29-20-10-6-9-18(27)25(20)37-2/h4-13,32H,3H2,1-2H3,(H,29,33)(H,34,35,36). The third-order valence-corrected chi connectivity index (χ3v) is 7.14. The molecule has 4 aromatic carbocycles. The number of halogens is 2. The smallest absolute Gasteiger partial charge is 0.296 e. The van der Waals surface area contributed by atoms with Crippen LogP contribution in [-0.2, 0) is 16.5 Å². The summed E-state index contributed by atoms with van der Waals surface area (Å²) in [6.07, 6.45) is 0.458. The molecule has 1 amide bonds. The van der Waals surface area contributed by atoms with E-state index >= 15 is 0 Å². The van der Waals surface area contributed by atoms with Gasteiger partial charge in [-0.1, -0.05) is 60.5 Å². The number of phenolic OH excluding ortho intramolecular Hbond substituents is 1. The molecule has 0 spiro atoms. The predicted molar refractivity (Wildman–Crippen MR) is 146 cm³/mol. The second-order valence-electron chi connectivity index (χ2n) is 8.07. The Morgan fingerprint density at radius 3 is 2.39 bits per heavy atom. The number of carbonyl (C=O) groups excluding carboxylic acids is 1. The van der Waals surface area contributed by atoms with Gasteiger partial charge in [-0.2, -0.15) is 8.42 Å². The number of hydrogen-bond donors (Lipinski definition) is 3. The highest BCUT2D eigenvalue weighted by molar-refractivity contribution is 7.86. The Bertz CT molecular complexity index is 1710. The summed E-state index contributed by atoms with van der Waals surface area (Å²) in [5.41, 5.74) is 0.282. The summed E-state index contributed by atoms with van der Waals surface area (Å²) in [7, 11) is -3.29. The fourth-order valence-electron chi connectivity index (χ4n) is 3.82. The summed E-state index contributed by atoms with van der Waals surface area (Å²) in [5, 5.41) is 23.0. The van der Waals surface area contributed by atoms with Gasteiger partial charge in [0.05, 0.1) is 28.4 Å². The van der Waals surface area contributed by atoms with Crippen LogP contribution < -0.4 is 10.1 Å². The van der Waals surface area contributed by atoms with Crippen molar-refractivity contribution < 1.29 is 27.6 Å². The largest absolute Gasteiger partial charge is 0.505 e. The van der Waals surface area contributed by atoms with E-state index in [9.17, 15) is 22.9 Å². The maximum atomic E-state index is 13.2. The summed E-state index contributed by atoms with van der Waals surface area (Å²) in [6.45, 7) is 1.79. The van der Waals surface area contributed by atoms with E-state index in [0.717, 1.165) is 0 Å². The van der Waals surface area contributed by atoms with Gasteiger partial charge in [-0.05, 0) is 47.7 Å². The monoisotopic (exact) mass is 573 g/mol. The number of hydrogen-bond acceptors (Lipinski definition) is 7. The van der Waals surface area contributed by atoms with Crippen LogP contribution in [0.1, 0.15) is 22.8 Å². The van der Waals surface area contributed by atoms with E-state index < -0.39 is 26.7 Å². The third kappa shape index (κ3) is 5.44. The first kappa shape index (κ1) is 27.3. The highest BCUT2D eigenvalue weighted by atomic mass is 35.5. The van der Waals surface area contributed by atoms with Gasteiger partial charge in [0, 0.05) is 5.39 Å². The lowest BCUT2D eigenvalue weighted by Gasteiger charge is -2.14. The van der Waals surface area contributed by atoms with Gasteiger partial charge in [0.2, 0.25) is 0 Å². The zero-order valence-electron chi connectivity index (χ0n) is 20.1. The molecule has 0 saturated carbocycles. The molecule has 0 aliphatic carbocycles. The maximum Gasteiger partial charge on any atom is 0.296 e. The normalized spacial score (nSPS) is 11.7. The van der Waals surface area contributed by atoms with Crippen molar-refractivity contribution in [2.24, 2.45) is 10.2 Å². The average Bonchev–Trinajstić information content (AvgIpc) is 2.87. The van der Waals surface area contributed by atoms with Crippen LogP contribution in [0, 0.1) is 0 Å². The fraction of sp³-hybridized carbons (Fsp3) is 0.115. The Morgan fingerprint density at radius 2 is 1.71 bits per heavy atom. The van der Waals surface area contributed by atoms with Crippen molar-refractivity contribution in [2.75, 3.05) is 12.4 Å². The molecule has 0 aliphatic rings. The van der Waals surface area contributed by atoms with Crippen LogP contribution in [0.4, 0.5) is 17.1 Å². The molecule has 38 heavy (non-hydrogen) atoms. The number of aromatic hydroxyl groups is 1. The number of anilines is 1. The number of amides is 1. The van der Waals surface area contributed by atoms with Crippen LogP contribution in [-0.4, -0.2) is 31.1 Å². The topological polar surface area (TPSA) is 138 Å². The predicted octanol–water partition coefficient (Wildman–Crippen LogP) is 7.34. The van der Waals surface area contributed by atoms with Crippen molar-refractivity contribution in [1.82, 2.24) is 0 Å². The summed E-state index contributed by atoms with van der Waals surface area (Å²) in [5.74, 6) is -0.958. The molecule has 0 bridgehead atoms. The molecule has 0 heterocycles. The van der Waals surface area contributed by atoms with Crippen molar-refractivity contribution in [3.63, 3.8) is 0 Å². The lowest BCUT2D eigenvalue weighted by Crippen LogP contribution is -2.13. The molecule has 0 saturated heterocycles. The molecule has 4 rings (SSSR count). The molecule has 3 N–H and O–H groups in total. The number of nitrogens with one attached hydrogen (secondary N) is 1. The molecule has 0 atom stereocenters. The van der Waals surface area contributed by atoms with E-state index in [-0.39, 0.29) is 38.4 Å². The number of benzene rings is 4. The van der Waals surface area contributed by atoms with Gasteiger partial charge in [-0.3, -0.25) is 9.35 Å². The second kappa shape index (κ2) is 11.0. The number of aryl methyl sites for hydroxylation is 1. The van der Waals surface area contributed by atoms with Crippen molar-refractivity contribution >= 4 is 67.1 Å². The summed E-state index contributed by atoms with van der Waals surface area (Å²) < 4.78 is 39.1. The zero-order valence-corrected chi connectivity index (χ0v) is 22.4. The van der Waals surface area contributed by atoms with Crippen LogP contribution in [0.3, 0.4) is 0 Å². The molecule has 0 fully saturated rings. The quantitative estimate of drug-likeness (QED) is 0.156. The van der Waals surface area contributed by atoms with E-state index in [1.807, 2.05) is 0 Å². The van der Waals surface area contributed by atoms with Crippen LogP contribution in [0.5, 0.6) is 11.5 Å². The Balaban J connectivity index is 1.86. The van der Waals surface area contributed by atoms with E-state index in [4.69, 9.17) is 27.9 Å². The molecule has 0 radical (unpaired) electrons. The van der Waals surface area contributed by atoms with Crippen LogP contribution in [0.15, 0.2) is 75.8 Å². The van der Waals surface area contributed by atoms with Gasteiger partial charge in [0.25, 0.3) is 16.0 Å². The van der Waals surface area contributed by atoms with Crippen LogP contribution >= 0.6 is 23.2 Å². The fourth-order valence-corrected chi connectivity index (χ4v) is 5.10. The van der Waals surface area contributed by atoms with Gasteiger partial charge in [-0.15, -0.1) is 10.2 Å². The molecule has 4 aromatic rings. The maximum absolute atomic E-state index is 13.2. The number of para-hydroxylation sites is 1.